The normalized spacial score (nSPS) is 12.5. The number of imide groups is 1. The lowest BCUT2D eigenvalue weighted by atomic mass is 10.1. The van der Waals surface area contributed by atoms with Crippen LogP contribution in [0, 0.1) is 0 Å². The number of nitrogens with zero attached hydrogens (tertiary/aromatic N) is 1. The second-order valence-electron chi connectivity index (χ2n) is 7.19. The summed E-state index contributed by atoms with van der Waals surface area (Å²) in [4.78, 5) is 39.4. The number of hydrogen-bond donors (Lipinski definition) is 1. The lowest BCUT2D eigenvalue weighted by molar-refractivity contribution is 0.0923. The third kappa shape index (κ3) is 4.83. The second kappa shape index (κ2) is 9.75. The Balaban J connectivity index is 1.41. The van der Waals surface area contributed by atoms with E-state index in [0.29, 0.717) is 28.8 Å². The van der Waals surface area contributed by atoms with Crippen LogP contribution in [0.1, 0.15) is 38.0 Å². The molecule has 1 aliphatic rings. The highest BCUT2D eigenvalue weighted by atomic mass is 35.5. The van der Waals surface area contributed by atoms with E-state index in [1.165, 1.54) is 18.2 Å². The van der Waals surface area contributed by atoms with Gasteiger partial charge in [0.2, 0.25) is 0 Å². The number of nitrogens with one attached hydrogen (secondary N) is 1. The number of ether oxygens (including phenoxy) is 2. The first kappa shape index (κ1) is 22.4. The Morgan fingerprint density at radius 2 is 1.67 bits per heavy atom. The molecule has 0 unspecified atom stereocenters. The van der Waals surface area contributed by atoms with E-state index in [4.69, 9.17) is 21.1 Å². The van der Waals surface area contributed by atoms with Crippen LogP contribution >= 0.6 is 11.6 Å². The Morgan fingerprint density at radius 1 is 0.909 bits per heavy atom. The van der Waals surface area contributed by atoms with Gasteiger partial charge >= 0.3 is 0 Å². The van der Waals surface area contributed by atoms with Crippen molar-refractivity contribution in [1.29, 1.82) is 0 Å². The van der Waals surface area contributed by atoms with Gasteiger partial charge in [0.1, 0.15) is 18.1 Å². The molecule has 0 fully saturated rings. The average Bonchev–Trinajstić information content (AvgIpc) is 3.07. The maximum absolute atomic E-state index is 12.9. The molecule has 1 N–H and O–H groups in total. The summed E-state index contributed by atoms with van der Waals surface area (Å²) in [7, 11) is 0. The molecule has 33 heavy (non-hydrogen) atoms. The zero-order valence-corrected chi connectivity index (χ0v) is 18.6. The molecular formula is C25H21ClN2O5. The van der Waals surface area contributed by atoms with Crippen LogP contribution in [-0.4, -0.2) is 37.5 Å². The van der Waals surface area contributed by atoms with E-state index in [9.17, 15) is 14.4 Å². The van der Waals surface area contributed by atoms with Gasteiger partial charge in [-0.1, -0.05) is 17.7 Å². The first-order chi connectivity index (χ1) is 16.0. The van der Waals surface area contributed by atoms with E-state index in [1.807, 2.05) is 6.92 Å². The van der Waals surface area contributed by atoms with Crippen molar-refractivity contribution in [1.82, 2.24) is 5.32 Å². The summed E-state index contributed by atoms with van der Waals surface area (Å²) < 4.78 is 11.0. The number of fused-ring (bicyclic) bond motifs is 1. The van der Waals surface area contributed by atoms with Gasteiger partial charge in [0.25, 0.3) is 17.7 Å². The third-order valence-corrected chi connectivity index (χ3v) is 5.24. The van der Waals surface area contributed by atoms with Gasteiger partial charge in [-0.05, 0) is 67.6 Å². The molecule has 0 aliphatic carbocycles. The minimum atomic E-state index is -0.474. The fourth-order valence-electron chi connectivity index (χ4n) is 3.47. The molecule has 7 nitrogen and oxygen atoms in total. The number of carbonyl (C=O) groups excluding carboxylic acids is 3. The van der Waals surface area contributed by atoms with Gasteiger partial charge in [-0.3, -0.25) is 14.4 Å². The molecule has 1 aliphatic heterocycles. The van der Waals surface area contributed by atoms with Crippen molar-refractivity contribution in [3.05, 3.63) is 88.4 Å². The zero-order chi connectivity index (χ0) is 23.4. The first-order valence-electron chi connectivity index (χ1n) is 10.4. The number of anilines is 1. The van der Waals surface area contributed by atoms with Crippen LogP contribution in [0.3, 0.4) is 0 Å². The molecule has 3 aromatic rings. The molecule has 0 aromatic heterocycles. The van der Waals surface area contributed by atoms with Crippen LogP contribution in [0.5, 0.6) is 11.5 Å². The highest BCUT2D eigenvalue weighted by Crippen LogP contribution is 2.30. The summed E-state index contributed by atoms with van der Waals surface area (Å²) in [5.41, 5.74) is 1.17. The van der Waals surface area contributed by atoms with E-state index in [1.54, 1.807) is 48.5 Å². The topological polar surface area (TPSA) is 84.9 Å². The first-order valence-corrected chi connectivity index (χ1v) is 10.8. The second-order valence-corrected chi connectivity index (χ2v) is 7.63. The van der Waals surface area contributed by atoms with Gasteiger partial charge in [-0.15, -0.1) is 0 Å². The van der Waals surface area contributed by atoms with Gasteiger partial charge < -0.3 is 14.8 Å². The summed E-state index contributed by atoms with van der Waals surface area (Å²) in [5, 5.41) is 3.30. The van der Waals surface area contributed by atoms with Crippen molar-refractivity contribution in [3.8, 4) is 11.5 Å². The molecule has 8 heteroatoms. The molecular weight excluding hydrogens is 444 g/mol. The van der Waals surface area contributed by atoms with Crippen LogP contribution in [0.4, 0.5) is 5.69 Å². The summed E-state index contributed by atoms with van der Waals surface area (Å²) >= 11 is 5.92. The molecule has 1 heterocycles. The Morgan fingerprint density at radius 3 is 2.39 bits per heavy atom. The Hall–Kier alpha value is -3.84. The van der Waals surface area contributed by atoms with Crippen molar-refractivity contribution >= 4 is 35.0 Å². The molecule has 4 rings (SSSR count). The van der Waals surface area contributed by atoms with Crippen LogP contribution in [0.2, 0.25) is 5.02 Å². The number of hydrogen-bond acceptors (Lipinski definition) is 5. The minimum Gasteiger partial charge on any atom is -0.494 e. The van der Waals surface area contributed by atoms with Crippen LogP contribution in [0.25, 0.3) is 0 Å². The molecule has 0 saturated carbocycles. The summed E-state index contributed by atoms with van der Waals surface area (Å²) in [5.74, 6) is -0.0182. The predicted octanol–water partition coefficient (Wildman–Crippen LogP) is 4.35. The lowest BCUT2D eigenvalue weighted by Crippen LogP contribution is -2.29. The SMILES string of the molecule is CCOc1ccc(N2C(=O)c3ccc(C(=O)NCCOc4cccc(Cl)c4)cc3C2=O)cc1. The van der Waals surface area contributed by atoms with E-state index in [0.717, 1.165) is 4.90 Å². The van der Waals surface area contributed by atoms with Crippen molar-refractivity contribution in [2.24, 2.45) is 0 Å². The molecule has 0 saturated heterocycles. The van der Waals surface area contributed by atoms with Crippen LogP contribution < -0.4 is 19.7 Å². The Bertz CT molecular complexity index is 1210. The molecule has 3 aromatic carbocycles. The molecule has 0 radical (unpaired) electrons. The molecule has 0 bridgehead atoms. The maximum Gasteiger partial charge on any atom is 0.266 e. The number of rotatable bonds is 8. The lowest BCUT2D eigenvalue weighted by Gasteiger charge is -2.14. The maximum atomic E-state index is 12.9. The van der Waals surface area contributed by atoms with E-state index < -0.39 is 11.8 Å². The average molecular weight is 465 g/mol. The fraction of sp³-hybridized carbons (Fsp3) is 0.160. The largest absolute Gasteiger partial charge is 0.494 e. The number of amides is 3. The van der Waals surface area contributed by atoms with Gasteiger partial charge in [-0.25, -0.2) is 4.90 Å². The molecule has 168 valence electrons. The van der Waals surface area contributed by atoms with E-state index in [-0.39, 0.29) is 35.7 Å². The van der Waals surface area contributed by atoms with Crippen molar-refractivity contribution < 1.29 is 23.9 Å². The van der Waals surface area contributed by atoms with E-state index in [2.05, 4.69) is 5.32 Å². The van der Waals surface area contributed by atoms with Crippen LogP contribution in [-0.2, 0) is 0 Å². The van der Waals surface area contributed by atoms with Gasteiger partial charge in [-0.2, -0.15) is 0 Å². The minimum absolute atomic E-state index is 0.191. The molecule has 3 amide bonds. The van der Waals surface area contributed by atoms with Crippen molar-refractivity contribution in [3.63, 3.8) is 0 Å². The zero-order valence-electron chi connectivity index (χ0n) is 17.8. The number of benzene rings is 3. The summed E-state index contributed by atoms with van der Waals surface area (Å²) in [6.07, 6.45) is 0. The van der Waals surface area contributed by atoms with Crippen molar-refractivity contribution in [2.45, 2.75) is 6.92 Å². The van der Waals surface area contributed by atoms with Gasteiger partial charge in [0, 0.05) is 10.6 Å². The summed E-state index contributed by atoms with van der Waals surface area (Å²) in [6.45, 7) is 2.90. The highest BCUT2D eigenvalue weighted by molar-refractivity contribution is 6.34. The van der Waals surface area contributed by atoms with Crippen LogP contribution in [0.15, 0.2) is 66.7 Å². The molecule has 0 spiro atoms. The third-order valence-electron chi connectivity index (χ3n) is 5.01. The number of carbonyl (C=O) groups is 3. The van der Waals surface area contributed by atoms with E-state index >= 15 is 0 Å². The van der Waals surface area contributed by atoms with Crippen molar-refractivity contribution in [2.75, 3.05) is 24.7 Å². The highest BCUT2D eigenvalue weighted by Gasteiger charge is 2.37. The quantitative estimate of drug-likeness (QED) is 0.396. The summed E-state index contributed by atoms with van der Waals surface area (Å²) in [6, 6.07) is 18.1. The Kier molecular flexibility index (Phi) is 6.60. The smallest absolute Gasteiger partial charge is 0.266 e. The fourth-order valence-corrected chi connectivity index (χ4v) is 3.65. The standard InChI is InChI=1S/C25H21ClN2O5/c1-2-32-19-9-7-18(8-10-19)28-24(30)21-11-6-16(14-22(21)25(28)31)23(29)27-12-13-33-20-5-3-4-17(26)15-20/h3-11,14-15H,2,12-13H2,1H3,(H,27,29). The number of halogens is 1. The van der Waals surface area contributed by atoms with Gasteiger partial charge in [0.15, 0.2) is 0 Å². The Labute approximate surface area is 195 Å². The van der Waals surface area contributed by atoms with Gasteiger partial charge in [0.05, 0.1) is 30.0 Å². The molecule has 0 atom stereocenters. The predicted molar refractivity (Wildman–Crippen MR) is 124 cm³/mol. The monoisotopic (exact) mass is 464 g/mol.